The molecule has 0 amide bonds. The minimum absolute atomic E-state index is 0.189. The number of nitrogen functional groups attached to an aromatic ring is 1. The van der Waals surface area contributed by atoms with E-state index in [-0.39, 0.29) is 6.10 Å². The van der Waals surface area contributed by atoms with E-state index in [1.165, 1.54) is 5.56 Å². The molecule has 0 unspecified atom stereocenters. The molecule has 2 fully saturated rings. The Morgan fingerprint density at radius 3 is 2.53 bits per heavy atom. The maximum atomic E-state index is 10.6. The monoisotopic (exact) mass is 478 g/mol. The highest BCUT2D eigenvalue weighted by Gasteiger charge is 2.40. The number of anilines is 2. The van der Waals surface area contributed by atoms with Crippen molar-refractivity contribution in [3.05, 3.63) is 34.3 Å². The van der Waals surface area contributed by atoms with Crippen LogP contribution in [0.4, 0.5) is 11.9 Å². The first kappa shape index (κ1) is 21.5. The lowest BCUT2D eigenvalue weighted by atomic mass is 9.92. The molecule has 0 saturated carbocycles. The van der Waals surface area contributed by atoms with Gasteiger partial charge in [0.25, 0.3) is 0 Å². The molecule has 1 aromatic heterocycles. The van der Waals surface area contributed by atoms with Crippen molar-refractivity contribution in [3.8, 4) is 0 Å². The molecule has 4 N–H and O–H groups in total. The summed E-state index contributed by atoms with van der Waals surface area (Å²) in [5.41, 5.74) is 6.12. The number of rotatable bonds is 5. The van der Waals surface area contributed by atoms with E-state index < -0.39 is 5.60 Å². The number of nitrogens with zero attached hydrogens (tertiary/aromatic N) is 4. The number of halogens is 1. The summed E-state index contributed by atoms with van der Waals surface area (Å²) in [5.74, 6) is 1.09. The lowest BCUT2D eigenvalue weighted by Gasteiger charge is -2.48. The number of aliphatic hydroxyl groups is 1. The van der Waals surface area contributed by atoms with Crippen LogP contribution >= 0.6 is 15.9 Å². The Kier molecular flexibility index (Phi) is 6.34. The first-order valence-corrected chi connectivity index (χ1v) is 11.4. The molecule has 2 aliphatic heterocycles. The van der Waals surface area contributed by atoms with Crippen LogP contribution in [0.2, 0.25) is 0 Å². The molecule has 2 aromatic rings. The Labute approximate surface area is 185 Å². The molecular weight excluding hydrogens is 448 g/mol. The molecule has 2 atom stereocenters. The van der Waals surface area contributed by atoms with Crippen LogP contribution in [0.5, 0.6) is 0 Å². The highest BCUT2D eigenvalue weighted by Crippen LogP contribution is 2.29. The van der Waals surface area contributed by atoms with E-state index >= 15 is 0 Å². The van der Waals surface area contributed by atoms with E-state index in [0.717, 1.165) is 49.3 Å². The highest BCUT2D eigenvalue weighted by atomic mass is 79.9. The first-order valence-electron chi connectivity index (χ1n) is 10.6. The lowest BCUT2D eigenvalue weighted by molar-refractivity contribution is -0.154. The van der Waals surface area contributed by atoms with Crippen LogP contribution < -0.4 is 10.6 Å². The molecule has 164 valence electrons. The van der Waals surface area contributed by atoms with Gasteiger partial charge in [0.1, 0.15) is 0 Å². The maximum absolute atomic E-state index is 10.6. The summed E-state index contributed by atoms with van der Waals surface area (Å²) < 4.78 is 7.21. The smallest absolute Gasteiger partial charge is 0.226 e. The third kappa shape index (κ3) is 4.96. The van der Waals surface area contributed by atoms with Crippen molar-refractivity contribution < 1.29 is 9.84 Å². The zero-order valence-corrected chi connectivity index (χ0v) is 19.2. The molecular formula is C21H31BrN6O2. The van der Waals surface area contributed by atoms with Crippen molar-refractivity contribution in [1.82, 2.24) is 20.1 Å². The van der Waals surface area contributed by atoms with Crippen molar-refractivity contribution >= 4 is 27.8 Å². The van der Waals surface area contributed by atoms with E-state index in [2.05, 4.69) is 65.2 Å². The van der Waals surface area contributed by atoms with E-state index in [9.17, 15) is 5.11 Å². The number of H-pyrrole nitrogens is 1. The van der Waals surface area contributed by atoms with Gasteiger partial charge in [-0.15, -0.1) is 10.2 Å². The molecule has 9 heteroatoms. The molecule has 2 saturated heterocycles. The molecule has 8 nitrogen and oxygen atoms in total. The van der Waals surface area contributed by atoms with Gasteiger partial charge in [-0.25, -0.2) is 0 Å². The van der Waals surface area contributed by atoms with Crippen molar-refractivity contribution in [2.45, 2.75) is 56.9 Å². The van der Waals surface area contributed by atoms with Gasteiger partial charge in [0.05, 0.1) is 18.3 Å². The van der Waals surface area contributed by atoms with E-state index in [1.54, 1.807) is 0 Å². The summed E-state index contributed by atoms with van der Waals surface area (Å²) in [6, 6.07) is 9.25. The van der Waals surface area contributed by atoms with Gasteiger partial charge in [-0.3, -0.25) is 9.88 Å². The van der Waals surface area contributed by atoms with Gasteiger partial charge in [0, 0.05) is 36.2 Å². The van der Waals surface area contributed by atoms with Crippen molar-refractivity contribution in [1.29, 1.82) is 0 Å². The number of hydrogen-bond acceptors (Lipinski definition) is 7. The Bertz CT molecular complexity index is 829. The zero-order valence-electron chi connectivity index (χ0n) is 17.6. The number of morpholine rings is 1. The SMILES string of the molecule is CC(C)(O)[C@H]1CN(C2CCN(c3nnc(N)[nH]3)CC2)[C@@H](Cc2ccc(Br)cc2)CO1. The van der Waals surface area contributed by atoms with Crippen LogP contribution in [0.25, 0.3) is 0 Å². The van der Waals surface area contributed by atoms with E-state index in [1.807, 2.05) is 13.8 Å². The number of nitrogens with one attached hydrogen (secondary N) is 1. The topological polar surface area (TPSA) is 104 Å². The van der Waals surface area contributed by atoms with E-state index in [4.69, 9.17) is 10.5 Å². The van der Waals surface area contributed by atoms with Gasteiger partial charge >= 0.3 is 0 Å². The summed E-state index contributed by atoms with van der Waals surface area (Å²) in [6.45, 7) is 6.83. The molecule has 0 radical (unpaired) electrons. The number of benzene rings is 1. The van der Waals surface area contributed by atoms with Gasteiger partial charge in [-0.2, -0.15) is 0 Å². The third-order valence-corrected chi connectivity index (χ3v) is 6.76. The number of aromatic nitrogens is 3. The minimum Gasteiger partial charge on any atom is -0.388 e. The Morgan fingerprint density at radius 1 is 1.23 bits per heavy atom. The summed E-state index contributed by atoms with van der Waals surface area (Å²) in [6.07, 6.45) is 2.79. The molecule has 1 aromatic carbocycles. The van der Waals surface area contributed by atoms with Gasteiger partial charge in [-0.1, -0.05) is 28.1 Å². The summed E-state index contributed by atoms with van der Waals surface area (Å²) in [4.78, 5) is 7.80. The predicted octanol–water partition coefficient (Wildman–Crippen LogP) is 2.20. The fraction of sp³-hybridized carbons (Fsp3) is 0.619. The molecule has 4 rings (SSSR count). The lowest BCUT2D eigenvalue weighted by Crippen LogP contribution is -2.61. The quantitative estimate of drug-likeness (QED) is 0.604. The van der Waals surface area contributed by atoms with Crippen molar-refractivity contribution in [2.24, 2.45) is 0 Å². The molecule has 0 bridgehead atoms. The van der Waals surface area contributed by atoms with Crippen molar-refractivity contribution in [2.75, 3.05) is 36.9 Å². The van der Waals surface area contributed by atoms with Crippen LogP contribution in [-0.2, 0) is 11.2 Å². The molecule has 3 heterocycles. The summed E-state index contributed by atoms with van der Waals surface area (Å²) in [7, 11) is 0. The number of aromatic amines is 1. The van der Waals surface area contributed by atoms with E-state index in [0.29, 0.717) is 24.6 Å². The second-order valence-electron chi connectivity index (χ2n) is 8.91. The fourth-order valence-electron chi connectivity index (χ4n) is 4.48. The highest BCUT2D eigenvalue weighted by molar-refractivity contribution is 9.10. The number of hydrogen-bond donors (Lipinski definition) is 3. The maximum Gasteiger partial charge on any atom is 0.226 e. The van der Waals surface area contributed by atoms with Crippen LogP contribution in [-0.4, -0.2) is 75.2 Å². The standard InChI is InChI=1S/C21H31BrN6O2/c1-21(2,29)18-12-28(17(13-30-18)11-14-3-5-15(22)6-4-14)16-7-9-27(10-8-16)20-24-19(23)25-26-20/h3-6,16-18,29H,7-13H2,1-2H3,(H3,23,24,25,26)/t17-,18+/m0/s1. The van der Waals surface area contributed by atoms with Gasteiger partial charge < -0.3 is 20.5 Å². The Hall–Kier alpha value is -1.68. The third-order valence-electron chi connectivity index (χ3n) is 6.23. The minimum atomic E-state index is -0.862. The summed E-state index contributed by atoms with van der Waals surface area (Å²) in [5, 5.41) is 18.6. The largest absolute Gasteiger partial charge is 0.388 e. The van der Waals surface area contributed by atoms with Gasteiger partial charge in [-0.05, 0) is 50.8 Å². The second-order valence-corrected chi connectivity index (χ2v) is 9.82. The Morgan fingerprint density at radius 2 is 1.93 bits per heavy atom. The second kappa shape index (κ2) is 8.82. The number of ether oxygens (including phenoxy) is 1. The Balaban J connectivity index is 1.46. The average molecular weight is 479 g/mol. The van der Waals surface area contributed by atoms with Gasteiger partial charge in [0.15, 0.2) is 0 Å². The molecule has 0 aliphatic carbocycles. The molecule has 0 spiro atoms. The zero-order chi connectivity index (χ0) is 21.3. The van der Waals surface area contributed by atoms with Crippen LogP contribution in [0, 0.1) is 0 Å². The number of piperidine rings is 1. The molecule has 2 aliphatic rings. The van der Waals surface area contributed by atoms with Crippen LogP contribution in [0.1, 0.15) is 32.3 Å². The van der Waals surface area contributed by atoms with Crippen molar-refractivity contribution in [3.63, 3.8) is 0 Å². The molecule has 30 heavy (non-hydrogen) atoms. The van der Waals surface area contributed by atoms with Crippen LogP contribution in [0.15, 0.2) is 28.7 Å². The number of nitrogens with two attached hydrogens (primary N) is 1. The fourth-order valence-corrected chi connectivity index (χ4v) is 4.74. The normalized spacial score (nSPS) is 24.3. The summed E-state index contributed by atoms with van der Waals surface area (Å²) >= 11 is 3.51. The predicted molar refractivity (Wildman–Crippen MR) is 120 cm³/mol. The van der Waals surface area contributed by atoms with Crippen LogP contribution in [0.3, 0.4) is 0 Å². The first-order chi connectivity index (χ1) is 14.3. The van der Waals surface area contributed by atoms with Gasteiger partial charge in [0.2, 0.25) is 11.9 Å². The average Bonchev–Trinajstić information content (AvgIpc) is 3.16.